The Bertz CT molecular complexity index is 1100. The van der Waals surface area contributed by atoms with Gasteiger partial charge in [-0.05, 0) is 57.0 Å². The summed E-state index contributed by atoms with van der Waals surface area (Å²) in [6.07, 6.45) is -1.92. The van der Waals surface area contributed by atoms with E-state index in [4.69, 9.17) is 5.11 Å². The second kappa shape index (κ2) is 10.5. The fourth-order valence-corrected chi connectivity index (χ4v) is 4.41. The Morgan fingerprint density at radius 2 is 2.12 bits per heavy atom. The Labute approximate surface area is 200 Å². The molecule has 1 saturated heterocycles. The number of benzene rings is 1. The molecule has 0 bridgehead atoms. The van der Waals surface area contributed by atoms with Gasteiger partial charge in [0.1, 0.15) is 17.5 Å². The number of anilines is 3. The lowest BCUT2D eigenvalue weighted by molar-refractivity contribution is -0.138. The van der Waals surface area contributed by atoms with Gasteiger partial charge in [-0.15, -0.1) is 11.8 Å². The van der Waals surface area contributed by atoms with Gasteiger partial charge in [0.05, 0.1) is 11.3 Å². The Hall–Kier alpha value is -2.97. The van der Waals surface area contributed by atoms with Gasteiger partial charge in [0.15, 0.2) is 5.82 Å². The maximum absolute atomic E-state index is 13.9. The molecule has 1 aromatic carbocycles. The molecule has 2 aromatic rings. The average molecular weight is 494 g/mol. The molecule has 11 heteroatoms. The number of likely N-dealkylation sites (N-methyl/N-ethyl adjacent to an activating group) is 1. The van der Waals surface area contributed by atoms with E-state index in [0.717, 1.165) is 17.4 Å². The molecule has 0 amide bonds. The Kier molecular flexibility index (Phi) is 7.94. The lowest BCUT2D eigenvalue weighted by atomic mass is 10.1. The molecule has 7 nitrogen and oxygen atoms in total. The van der Waals surface area contributed by atoms with E-state index in [2.05, 4.69) is 10.3 Å². The highest BCUT2D eigenvalue weighted by Crippen LogP contribution is 2.39. The number of aryl methyl sites for hydroxylation is 1. The van der Waals surface area contributed by atoms with Crippen molar-refractivity contribution in [3.8, 4) is 6.07 Å². The highest BCUT2D eigenvalue weighted by molar-refractivity contribution is 7.98. The molecule has 182 valence electrons. The van der Waals surface area contributed by atoms with Gasteiger partial charge >= 0.3 is 12.1 Å². The molecule has 1 aliphatic heterocycles. The van der Waals surface area contributed by atoms with Gasteiger partial charge < -0.3 is 20.2 Å². The van der Waals surface area contributed by atoms with Crippen LogP contribution in [-0.4, -0.2) is 60.4 Å². The molecule has 0 saturated carbocycles. The number of aliphatic carboxylic acids is 1. The van der Waals surface area contributed by atoms with Crippen molar-refractivity contribution in [3.05, 3.63) is 41.0 Å². The van der Waals surface area contributed by atoms with Crippen molar-refractivity contribution < 1.29 is 23.1 Å². The monoisotopic (exact) mass is 493 g/mol. The van der Waals surface area contributed by atoms with Gasteiger partial charge in [-0.1, -0.05) is 6.07 Å². The zero-order chi connectivity index (χ0) is 25.0. The first-order chi connectivity index (χ1) is 16.0. The summed E-state index contributed by atoms with van der Waals surface area (Å²) in [6, 6.07) is 8.05. The van der Waals surface area contributed by atoms with Gasteiger partial charge in [-0.25, -0.2) is 4.98 Å². The van der Waals surface area contributed by atoms with Crippen LogP contribution in [0.5, 0.6) is 0 Å². The normalized spacial score (nSPS) is 16.1. The molecule has 34 heavy (non-hydrogen) atoms. The van der Waals surface area contributed by atoms with Gasteiger partial charge in [-0.2, -0.15) is 18.4 Å². The minimum atomic E-state index is -4.73. The third-order valence-corrected chi connectivity index (χ3v) is 6.58. The number of hydrogen-bond acceptors (Lipinski definition) is 7. The van der Waals surface area contributed by atoms with Crippen molar-refractivity contribution in [2.75, 3.05) is 43.7 Å². The van der Waals surface area contributed by atoms with Crippen LogP contribution in [0.15, 0.2) is 29.2 Å². The van der Waals surface area contributed by atoms with Crippen molar-refractivity contribution in [1.29, 1.82) is 5.26 Å². The molecule has 0 aliphatic carbocycles. The zero-order valence-corrected chi connectivity index (χ0v) is 19.9. The molecule has 1 aromatic heterocycles. The van der Waals surface area contributed by atoms with E-state index in [-0.39, 0.29) is 30.5 Å². The first-order valence-electron chi connectivity index (χ1n) is 10.6. The molecular formula is C23H26F3N5O2S. The Morgan fingerprint density at radius 3 is 2.68 bits per heavy atom. The summed E-state index contributed by atoms with van der Waals surface area (Å²) < 4.78 is 41.8. The van der Waals surface area contributed by atoms with Crippen molar-refractivity contribution >= 4 is 35.1 Å². The summed E-state index contributed by atoms with van der Waals surface area (Å²) in [5.41, 5.74) is -0.440. The first kappa shape index (κ1) is 25.6. The summed E-state index contributed by atoms with van der Waals surface area (Å²) in [4.78, 5) is 19.9. The average Bonchev–Trinajstić information content (AvgIpc) is 3.27. The Morgan fingerprint density at radius 1 is 1.38 bits per heavy atom. The molecule has 1 fully saturated rings. The van der Waals surface area contributed by atoms with Crippen LogP contribution in [0.25, 0.3) is 0 Å². The van der Waals surface area contributed by atoms with Crippen LogP contribution < -0.4 is 10.2 Å². The van der Waals surface area contributed by atoms with Gasteiger partial charge in [0, 0.05) is 30.4 Å². The summed E-state index contributed by atoms with van der Waals surface area (Å²) in [5.74, 6) is -0.960. The highest BCUT2D eigenvalue weighted by atomic mass is 32.2. The molecule has 0 radical (unpaired) electrons. The standard InChI is InChI=1S/C23H26F3N5O2S/c1-30(2)15-8-9-31(13-15)20-11-17(23(24,25)26)16(12-27)22(29-20)28-18-10-14(5-7-21(32)33)4-6-19(18)34-3/h4,6,10-11,15H,5,7-9,13H2,1-3H3,(H,28,29)(H,32,33)/t15-/m0/s1. The van der Waals surface area contributed by atoms with Crippen molar-refractivity contribution in [3.63, 3.8) is 0 Å². The number of halogens is 3. The van der Waals surface area contributed by atoms with Crippen LogP contribution in [-0.2, 0) is 17.4 Å². The van der Waals surface area contributed by atoms with E-state index in [1.807, 2.05) is 25.3 Å². The minimum Gasteiger partial charge on any atom is -0.481 e. The van der Waals surface area contributed by atoms with Crippen LogP contribution >= 0.6 is 11.8 Å². The van der Waals surface area contributed by atoms with Crippen LogP contribution in [0.1, 0.15) is 29.5 Å². The molecule has 1 aliphatic rings. The lowest BCUT2D eigenvalue weighted by Gasteiger charge is -2.23. The topological polar surface area (TPSA) is 92.5 Å². The molecule has 0 spiro atoms. The van der Waals surface area contributed by atoms with Crippen LogP contribution in [0.3, 0.4) is 0 Å². The van der Waals surface area contributed by atoms with Crippen LogP contribution in [0.2, 0.25) is 0 Å². The molecule has 1 atom stereocenters. The van der Waals surface area contributed by atoms with E-state index >= 15 is 0 Å². The molecule has 0 unspecified atom stereocenters. The Balaban J connectivity index is 2.06. The van der Waals surface area contributed by atoms with Crippen molar-refractivity contribution in [2.24, 2.45) is 0 Å². The third kappa shape index (κ3) is 5.93. The molecular weight excluding hydrogens is 467 g/mol. The number of pyridine rings is 1. The molecule has 2 heterocycles. The summed E-state index contributed by atoms with van der Waals surface area (Å²) in [7, 11) is 3.85. The number of carboxylic acids is 1. The molecule has 2 N–H and O–H groups in total. The van der Waals surface area contributed by atoms with Gasteiger partial charge in [0.25, 0.3) is 0 Å². The summed E-state index contributed by atoms with van der Waals surface area (Å²) in [5, 5.41) is 21.5. The zero-order valence-electron chi connectivity index (χ0n) is 19.1. The fraction of sp³-hybridized carbons (Fsp3) is 0.435. The number of rotatable bonds is 8. The van der Waals surface area contributed by atoms with E-state index in [1.165, 1.54) is 11.8 Å². The van der Waals surface area contributed by atoms with E-state index in [0.29, 0.717) is 24.3 Å². The summed E-state index contributed by atoms with van der Waals surface area (Å²) >= 11 is 1.38. The van der Waals surface area contributed by atoms with Gasteiger partial charge in [-0.3, -0.25) is 4.79 Å². The lowest BCUT2D eigenvalue weighted by Crippen LogP contribution is -2.32. The van der Waals surface area contributed by atoms with Crippen molar-refractivity contribution in [1.82, 2.24) is 9.88 Å². The number of carboxylic acid groups (broad SMARTS) is 1. The second-order valence-electron chi connectivity index (χ2n) is 8.27. The number of hydrogen-bond donors (Lipinski definition) is 2. The molecule has 3 rings (SSSR count). The smallest absolute Gasteiger partial charge is 0.417 e. The number of nitriles is 1. The second-order valence-corrected chi connectivity index (χ2v) is 9.11. The van der Waals surface area contributed by atoms with Crippen LogP contribution in [0, 0.1) is 11.3 Å². The van der Waals surface area contributed by atoms with Gasteiger partial charge in [0.2, 0.25) is 0 Å². The minimum absolute atomic E-state index is 0.0739. The van der Waals surface area contributed by atoms with E-state index in [1.54, 1.807) is 29.2 Å². The third-order valence-electron chi connectivity index (χ3n) is 5.79. The predicted molar refractivity (Wildman–Crippen MR) is 126 cm³/mol. The van der Waals surface area contributed by atoms with E-state index in [9.17, 15) is 23.2 Å². The fourth-order valence-electron chi connectivity index (χ4n) is 3.88. The maximum Gasteiger partial charge on any atom is 0.417 e. The number of thioether (sulfide) groups is 1. The number of aromatic nitrogens is 1. The SMILES string of the molecule is CSc1ccc(CCC(=O)O)cc1Nc1nc(N2CC[C@H](N(C)C)C2)cc(C(F)(F)F)c1C#N. The summed E-state index contributed by atoms with van der Waals surface area (Å²) in [6.45, 7) is 1.09. The number of carbonyl (C=O) groups is 1. The van der Waals surface area contributed by atoms with E-state index < -0.39 is 23.3 Å². The van der Waals surface area contributed by atoms with Crippen LogP contribution in [0.4, 0.5) is 30.5 Å². The largest absolute Gasteiger partial charge is 0.481 e. The predicted octanol–water partition coefficient (Wildman–Crippen LogP) is 4.60. The first-order valence-corrected chi connectivity index (χ1v) is 11.9. The maximum atomic E-state index is 13.9. The number of nitrogens with zero attached hydrogens (tertiary/aromatic N) is 4. The number of alkyl halides is 3. The highest BCUT2D eigenvalue weighted by Gasteiger charge is 2.37. The quantitative estimate of drug-likeness (QED) is 0.516. The van der Waals surface area contributed by atoms with Crippen molar-refractivity contribution in [2.45, 2.75) is 36.4 Å². The number of nitrogens with one attached hydrogen (secondary N) is 1.